The first-order valence-corrected chi connectivity index (χ1v) is 6.78. The number of benzene rings is 1. The van der Waals surface area contributed by atoms with E-state index in [1.54, 1.807) is 25.3 Å². The molecule has 0 spiro atoms. The van der Waals surface area contributed by atoms with Gasteiger partial charge in [-0.3, -0.25) is 4.79 Å². The lowest BCUT2D eigenvalue weighted by atomic mass is 10.2. The van der Waals surface area contributed by atoms with Crippen LogP contribution in [0.25, 0.3) is 0 Å². The van der Waals surface area contributed by atoms with E-state index in [0.29, 0.717) is 18.1 Å². The average molecular weight is 319 g/mol. The molecule has 0 aliphatic carbocycles. The highest BCUT2D eigenvalue weighted by molar-refractivity contribution is 5.83. The van der Waals surface area contributed by atoms with Crippen LogP contribution in [-0.2, 0) is 11.3 Å². The van der Waals surface area contributed by atoms with Crippen LogP contribution in [0.15, 0.2) is 23.3 Å². The third-order valence-corrected chi connectivity index (χ3v) is 2.74. The maximum absolute atomic E-state index is 11.7. The van der Waals surface area contributed by atoms with Gasteiger partial charge < -0.3 is 15.2 Å². The molecule has 0 fully saturated rings. The quantitative estimate of drug-likeness (QED) is 0.534. The Morgan fingerprint density at radius 3 is 2.96 bits per heavy atom. The van der Waals surface area contributed by atoms with Gasteiger partial charge in [0, 0.05) is 0 Å². The summed E-state index contributed by atoms with van der Waals surface area (Å²) in [4.78, 5) is 11.7. The molecule has 0 bridgehead atoms. The molecule has 10 heteroatoms. The second-order valence-corrected chi connectivity index (χ2v) is 4.33. The Balaban J connectivity index is 1.95. The van der Waals surface area contributed by atoms with E-state index < -0.39 is 5.91 Å². The van der Waals surface area contributed by atoms with Crippen molar-refractivity contribution in [2.24, 2.45) is 5.10 Å². The van der Waals surface area contributed by atoms with E-state index in [4.69, 9.17) is 15.2 Å². The Hall–Kier alpha value is -3.17. The van der Waals surface area contributed by atoms with Crippen molar-refractivity contribution < 1.29 is 14.3 Å². The van der Waals surface area contributed by atoms with Crippen molar-refractivity contribution >= 4 is 18.1 Å². The molecule has 122 valence electrons. The number of hydrogen-bond acceptors (Lipinski definition) is 8. The Bertz CT molecular complexity index is 699. The maximum atomic E-state index is 11.7. The number of nitrogen functional groups attached to an aromatic ring is 1. The molecule has 1 heterocycles. The van der Waals surface area contributed by atoms with Crippen molar-refractivity contribution in [1.29, 1.82) is 0 Å². The predicted octanol–water partition coefficient (Wildman–Crippen LogP) is -0.187. The minimum atomic E-state index is -0.404. The normalized spacial score (nSPS) is 10.7. The fourth-order valence-corrected chi connectivity index (χ4v) is 1.71. The van der Waals surface area contributed by atoms with Crippen LogP contribution in [-0.4, -0.2) is 46.0 Å². The average Bonchev–Trinajstić information content (AvgIpc) is 2.94. The number of carbonyl (C=O) groups is 1. The van der Waals surface area contributed by atoms with Crippen LogP contribution in [0.1, 0.15) is 12.5 Å². The summed E-state index contributed by atoms with van der Waals surface area (Å²) in [5.74, 6) is 0.882. The predicted molar refractivity (Wildman–Crippen MR) is 82.1 cm³/mol. The number of tetrazole rings is 1. The number of methoxy groups -OCH3 is 1. The molecule has 23 heavy (non-hydrogen) atoms. The first kappa shape index (κ1) is 16.2. The molecule has 0 atom stereocenters. The minimum absolute atomic E-state index is 0.0559. The van der Waals surface area contributed by atoms with E-state index >= 15 is 0 Å². The van der Waals surface area contributed by atoms with E-state index in [2.05, 4.69) is 26.1 Å². The summed E-state index contributed by atoms with van der Waals surface area (Å²) in [5, 5.41) is 14.2. The van der Waals surface area contributed by atoms with Crippen molar-refractivity contribution in [2.75, 3.05) is 19.5 Å². The van der Waals surface area contributed by atoms with Crippen molar-refractivity contribution in [3.05, 3.63) is 23.8 Å². The molecule has 0 unspecified atom stereocenters. The standard InChI is InChI=1S/C13H17N7O3/c1-3-23-10-5-4-9(6-11(10)22-2)7-15-16-12(21)8-20-13(14)17-18-19-20/h4-7H,3,8H2,1-2H3,(H,16,21)(H2,14,17,19). The topological polar surface area (TPSA) is 130 Å². The molecule has 10 nitrogen and oxygen atoms in total. The van der Waals surface area contributed by atoms with Gasteiger partial charge in [-0.2, -0.15) is 5.10 Å². The van der Waals surface area contributed by atoms with Crippen LogP contribution in [0, 0.1) is 0 Å². The molecule has 1 aromatic heterocycles. The molecule has 0 aliphatic heterocycles. The van der Waals surface area contributed by atoms with E-state index in [-0.39, 0.29) is 12.5 Å². The number of anilines is 1. The molecule has 2 aromatic rings. The number of ether oxygens (including phenoxy) is 2. The number of rotatable bonds is 7. The second kappa shape index (κ2) is 7.73. The van der Waals surface area contributed by atoms with E-state index in [1.165, 1.54) is 6.21 Å². The summed E-state index contributed by atoms with van der Waals surface area (Å²) in [5.41, 5.74) is 8.57. The van der Waals surface area contributed by atoms with Crippen LogP contribution >= 0.6 is 0 Å². The molecule has 0 aliphatic rings. The summed E-state index contributed by atoms with van der Waals surface area (Å²) in [6.45, 7) is 2.31. The first-order valence-electron chi connectivity index (χ1n) is 6.78. The van der Waals surface area contributed by atoms with E-state index in [0.717, 1.165) is 10.2 Å². The van der Waals surface area contributed by atoms with Crippen LogP contribution in [0.3, 0.4) is 0 Å². The first-order chi connectivity index (χ1) is 11.1. The molecular formula is C13H17N7O3. The summed E-state index contributed by atoms with van der Waals surface area (Å²) in [6, 6.07) is 5.32. The van der Waals surface area contributed by atoms with Crippen LogP contribution in [0.5, 0.6) is 11.5 Å². The lowest BCUT2D eigenvalue weighted by Gasteiger charge is -2.09. The van der Waals surface area contributed by atoms with Crippen LogP contribution in [0.4, 0.5) is 5.95 Å². The molecule has 0 saturated carbocycles. The van der Waals surface area contributed by atoms with Gasteiger partial charge in [-0.1, -0.05) is 5.10 Å². The number of nitrogens with two attached hydrogens (primary N) is 1. The molecule has 3 N–H and O–H groups in total. The lowest BCUT2D eigenvalue weighted by molar-refractivity contribution is -0.121. The van der Waals surface area contributed by atoms with E-state index in [1.807, 2.05) is 6.92 Å². The summed E-state index contributed by atoms with van der Waals surface area (Å²) >= 11 is 0. The number of nitrogens with zero attached hydrogens (tertiary/aromatic N) is 5. The van der Waals surface area contributed by atoms with Gasteiger partial charge in [0.05, 0.1) is 19.9 Å². The largest absolute Gasteiger partial charge is 0.493 e. The van der Waals surface area contributed by atoms with Crippen LogP contribution < -0.4 is 20.6 Å². The second-order valence-electron chi connectivity index (χ2n) is 4.33. The highest BCUT2D eigenvalue weighted by Crippen LogP contribution is 2.27. The molecule has 2 rings (SSSR count). The fraction of sp³-hybridized carbons (Fsp3) is 0.308. The maximum Gasteiger partial charge on any atom is 0.261 e. The van der Waals surface area contributed by atoms with Gasteiger partial charge in [-0.15, -0.1) is 0 Å². The van der Waals surface area contributed by atoms with Gasteiger partial charge in [0.2, 0.25) is 5.95 Å². The fourth-order valence-electron chi connectivity index (χ4n) is 1.71. The van der Waals surface area contributed by atoms with Gasteiger partial charge in [0.1, 0.15) is 6.54 Å². The molecule has 1 aromatic carbocycles. The smallest absolute Gasteiger partial charge is 0.261 e. The molecule has 1 amide bonds. The van der Waals surface area contributed by atoms with Crippen molar-refractivity contribution in [3.8, 4) is 11.5 Å². The summed E-state index contributed by atoms with van der Waals surface area (Å²) < 4.78 is 11.8. The Morgan fingerprint density at radius 2 is 2.30 bits per heavy atom. The number of hydrazone groups is 1. The Morgan fingerprint density at radius 1 is 1.48 bits per heavy atom. The van der Waals surface area contributed by atoms with Crippen LogP contribution in [0.2, 0.25) is 0 Å². The van der Waals surface area contributed by atoms with Crippen molar-refractivity contribution in [3.63, 3.8) is 0 Å². The highest BCUT2D eigenvalue weighted by atomic mass is 16.5. The van der Waals surface area contributed by atoms with Gasteiger partial charge in [-0.05, 0) is 41.1 Å². The van der Waals surface area contributed by atoms with Gasteiger partial charge in [0.25, 0.3) is 5.91 Å². The number of amides is 1. The monoisotopic (exact) mass is 319 g/mol. The van der Waals surface area contributed by atoms with Gasteiger partial charge >= 0.3 is 0 Å². The highest BCUT2D eigenvalue weighted by Gasteiger charge is 2.07. The third kappa shape index (κ3) is 4.40. The number of aromatic nitrogens is 4. The number of nitrogens with one attached hydrogen (secondary N) is 1. The zero-order valence-electron chi connectivity index (χ0n) is 12.8. The van der Waals surface area contributed by atoms with Crippen molar-refractivity contribution in [1.82, 2.24) is 25.6 Å². The zero-order valence-corrected chi connectivity index (χ0v) is 12.8. The molecule has 0 radical (unpaired) electrons. The zero-order chi connectivity index (χ0) is 16.7. The molecular weight excluding hydrogens is 302 g/mol. The number of carbonyl (C=O) groups excluding carboxylic acids is 1. The van der Waals surface area contributed by atoms with Gasteiger partial charge in [-0.25, -0.2) is 10.1 Å². The minimum Gasteiger partial charge on any atom is -0.493 e. The molecule has 0 saturated heterocycles. The Kier molecular flexibility index (Phi) is 5.45. The SMILES string of the molecule is CCOc1ccc(C=NNC(=O)Cn2nnnc2N)cc1OC. The summed E-state index contributed by atoms with van der Waals surface area (Å²) in [6.07, 6.45) is 1.49. The number of hydrogen-bond donors (Lipinski definition) is 2. The Labute approximate surface area is 132 Å². The van der Waals surface area contributed by atoms with Crippen molar-refractivity contribution in [2.45, 2.75) is 13.5 Å². The van der Waals surface area contributed by atoms with Gasteiger partial charge in [0.15, 0.2) is 11.5 Å². The lowest BCUT2D eigenvalue weighted by Crippen LogP contribution is -2.24. The third-order valence-electron chi connectivity index (χ3n) is 2.74. The summed E-state index contributed by atoms with van der Waals surface area (Å²) in [7, 11) is 1.55. The van der Waals surface area contributed by atoms with E-state index in [9.17, 15) is 4.79 Å².